The van der Waals surface area contributed by atoms with Crippen LogP contribution in [-0.2, 0) is 19.6 Å². The molecule has 1 fully saturated rings. The summed E-state index contributed by atoms with van der Waals surface area (Å²) in [6.45, 7) is 2.16. The summed E-state index contributed by atoms with van der Waals surface area (Å²) in [4.78, 5) is 35.1. The Morgan fingerprint density at radius 1 is 1.19 bits per heavy atom. The number of esters is 1. The van der Waals surface area contributed by atoms with E-state index >= 15 is 0 Å². The fourth-order valence-corrected chi connectivity index (χ4v) is 4.83. The Morgan fingerprint density at radius 2 is 1.88 bits per heavy atom. The normalized spacial score (nSPS) is 15.2. The molecule has 1 saturated heterocycles. The Hall–Kier alpha value is -3.02. The van der Waals surface area contributed by atoms with Gasteiger partial charge in [0.05, 0.1) is 26.1 Å². The zero-order chi connectivity index (χ0) is 23.5. The molecule has 0 radical (unpaired) electrons. The zero-order valence-corrected chi connectivity index (χ0v) is 18.6. The summed E-state index contributed by atoms with van der Waals surface area (Å²) < 4.78 is 31.9. The van der Waals surface area contributed by atoms with Crippen LogP contribution in [0.15, 0.2) is 47.4 Å². The summed E-state index contributed by atoms with van der Waals surface area (Å²) in [5, 5.41) is 13.4. The Balaban J connectivity index is 1.70. The van der Waals surface area contributed by atoms with E-state index in [9.17, 15) is 28.1 Å². The topological polar surface area (TPSA) is 136 Å². The lowest BCUT2D eigenvalue weighted by Gasteiger charge is -2.17. The highest BCUT2D eigenvalue weighted by Gasteiger charge is 2.28. The molecule has 170 valence electrons. The van der Waals surface area contributed by atoms with Crippen LogP contribution in [0.2, 0.25) is 5.02 Å². The molecule has 0 saturated carbocycles. The molecular weight excluding hydrogens is 462 g/mol. The van der Waals surface area contributed by atoms with Crippen LogP contribution in [0.5, 0.6) is 0 Å². The lowest BCUT2D eigenvalue weighted by Crippen LogP contribution is -2.30. The number of nitro groups is 1. The number of carbonyl (C=O) groups is 2. The first-order chi connectivity index (χ1) is 15.1. The average Bonchev–Trinajstić information content (AvgIpc) is 3.31. The molecule has 3 rings (SSSR count). The molecule has 1 aliphatic heterocycles. The second-order valence-electron chi connectivity index (χ2n) is 7.10. The minimum Gasteiger partial charge on any atom is -0.449 e. The van der Waals surface area contributed by atoms with Crippen molar-refractivity contribution >= 4 is 44.9 Å². The van der Waals surface area contributed by atoms with Crippen molar-refractivity contribution in [3.8, 4) is 0 Å². The van der Waals surface area contributed by atoms with Crippen LogP contribution < -0.4 is 5.32 Å². The molecule has 0 unspecified atom stereocenters. The third-order valence-electron chi connectivity index (χ3n) is 4.84. The Bertz CT molecular complexity index is 1160. The van der Waals surface area contributed by atoms with E-state index in [2.05, 4.69) is 5.32 Å². The van der Waals surface area contributed by atoms with Gasteiger partial charge in [0.1, 0.15) is 0 Å². The van der Waals surface area contributed by atoms with Crippen LogP contribution in [0, 0.1) is 10.1 Å². The number of rotatable bonds is 7. The molecule has 1 heterocycles. The van der Waals surface area contributed by atoms with Gasteiger partial charge in [-0.2, -0.15) is 4.31 Å². The Kier molecular flexibility index (Phi) is 7.12. The van der Waals surface area contributed by atoms with E-state index in [1.165, 1.54) is 47.6 Å². The summed E-state index contributed by atoms with van der Waals surface area (Å²) in [6.07, 6.45) is 0.279. The van der Waals surface area contributed by atoms with E-state index in [1.807, 2.05) is 0 Å². The number of amides is 1. The molecular formula is C20H20ClN3O7S. The van der Waals surface area contributed by atoms with Crippen LogP contribution >= 0.6 is 11.6 Å². The number of carbonyl (C=O) groups excluding carboxylic acids is 2. The van der Waals surface area contributed by atoms with Gasteiger partial charge in [0, 0.05) is 25.2 Å². The van der Waals surface area contributed by atoms with Gasteiger partial charge in [0.2, 0.25) is 10.0 Å². The first kappa shape index (κ1) is 23.6. The second kappa shape index (κ2) is 9.63. The van der Waals surface area contributed by atoms with E-state index in [4.69, 9.17) is 16.3 Å². The molecule has 0 aliphatic carbocycles. The summed E-state index contributed by atoms with van der Waals surface area (Å²) >= 11 is 5.96. The van der Waals surface area contributed by atoms with Crippen LogP contribution in [0.25, 0.3) is 0 Å². The first-order valence-electron chi connectivity index (χ1n) is 9.65. The third kappa shape index (κ3) is 5.23. The average molecular weight is 482 g/mol. The number of hydrogen-bond donors (Lipinski definition) is 1. The second-order valence-corrected chi connectivity index (χ2v) is 9.44. The molecule has 1 atom stereocenters. The lowest BCUT2D eigenvalue weighted by molar-refractivity contribution is -0.384. The number of nitrogens with one attached hydrogen (secondary N) is 1. The minimum atomic E-state index is -3.72. The van der Waals surface area contributed by atoms with Gasteiger partial charge in [-0.25, -0.2) is 13.2 Å². The molecule has 2 aromatic carbocycles. The monoisotopic (exact) mass is 481 g/mol. The number of halogens is 1. The van der Waals surface area contributed by atoms with Crippen molar-refractivity contribution < 1.29 is 27.7 Å². The maximum atomic E-state index is 12.7. The summed E-state index contributed by atoms with van der Waals surface area (Å²) in [7, 11) is -3.72. The van der Waals surface area contributed by atoms with E-state index in [0.29, 0.717) is 13.1 Å². The maximum absolute atomic E-state index is 12.7. The van der Waals surface area contributed by atoms with Crippen LogP contribution in [0.3, 0.4) is 0 Å². The maximum Gasteiger partial charge on any atom is 0.338 e. The number of hydrogen-bond acceptors (Lipinski definition) is 7. The highest BCUT2D eigenvalue weighted by Crippen LogP contribution is 2.27. The number of anilines is 1. The smallest absolute Gasteiger partial charge is 0.338 e. The highest BCUT2D eigenvalue weighted by atomic mass is 35.5. The number of nitro benzene ring substituents is 1. The molecule has 0 aromatic heterocycles. The SMILES string of the molecule is C[C@@H](OC(=O)c1cccc(S(=O)(=O)N2CCCC2)c1)C(=O)Nc1cc([N+](=O)[O-])ccc1Cl. The lowest BCUT2D eigenvalue weighted by atomic mass is 10.2. The quantitative estimate of drug-likeness (QED) is 0.364. The number of ether oxygens (including phenoxy) is 1. The van der Waals surface area contributed by atoms with E-state index in [-0.39, 0.29) is 26.9 Å². The minimum absolute atomic E-state index is 0.00697. The Morgan fingerprint density at radius 3 is 2.53 bits per heavy atom. The number of sulfonamides is 1. The van der Waals surface area contributed by atoms with Gasteiger partial charge in [-0.3, -0.25) is 14.9 Å². The van der Waals surface area contributed by atoms with Crippen molar-refractivity contribution in [2.24, 2.45) is 0 Å². The molecule has 1 amide bonds. The number of benzene rings is 2. The standard InChI is InChI=1S/C20H20ClN3O7S/c1-13(19(25)22-18-12-15(24(27)28)7-8-17(18)21)31-20(26)14-5-4-6-16(11-14)32(29,30)23-9-2-3-10-23/h4-8,11-13H,2-3,9-10H2,1H3,(H,22,25)/t13-/m1/s1. The van der Waals surface area contributed by atoms with Crippen LogP contribution in [0.4, 0.5) is 11.4 Å². The van der Waals surface area contributed by atoms with Crippen LogP contribution in [0.1, 0.15) is 30.1 Å². The number of non-ortho nitro benzene ring substituents is 1. The summed E-state index contributed by atoms with van der Waals surface area (Å²) in [6, 6.07) is 8.94. The van der Waals surface area contributed by atoms with Crippen molar-refractivity contribution in [3.05, 3.63) is 63.2 Å². The predicted molar refractivity (Wildman–Crippen MR) is 116 cm³/mol. The van der Waals surface area contributed by atoms with Crippen molar-refractivity contribution in [2.45, 2.75) is 30.8 Å². The fraction of sp³-hybridized carbons (Fsp3) is 0.300. The molecule has 0 spiro atoms. The molecule has 12 heteroatoms. The largest absolute Gasteiger partial charge is 0.449 e. The van der Waals surface area contributed by atoms with Crippen molar-refractivity contribution in [1.29, 1.82) is 0 Å². The van der Waals surface area contributed by atoms with Crippen LogP contribution in [-0.4, -0.2) is 48.7 Å². The van der Waals surface area contributed by atoms with Gasteiger partial charge >= 0.3 is 5.97 Å². The molecule has 32 heavy (non-hydrogen) atoms. The number of nitrogens with zero attached hydrogens (tertiary/aromatic N) is 2. The Labute approximate surface area is 189 Å². The van der Waals surface area contributed by atoms with Gasteiger partial charge in [-0.05, 0) is 44.0 Å². The van der Waals surface area contributed by atoms with E-state index < -0.39 is 32.9 Å². The molecule has 1 aliphatic rings. The fourth-order valence-electron chi connectivity index (χ4n) is 3.10. The van der Waals surface area contributed by atoms with Gasteiger partial charge < -0.3 is 10.1 Å². The van der Waals surface area contributed by atoms with Gasteiger partial charge in [0.25, 0.3) is 11.6 Å². The third-order valence-corrected chi connectivity index (χ3v) is 7.07. The molecule has 2 aromatic rings. The van der Waals surface area contributed by atoms with Gasteiger partial charge in [0.15, 0.2) is 6.10 Å². The zero-order valence-electron chi connectivity index (χ0n) is 17.0. The molecule has 1 N–H and O–H groups in total. The van der Waals surface area contributed by atoms with E-state index in [0.717, 1.165) is 18.9 Å². The van der Waals surface area contributed by atoms with E-state index in [1.54, 1.807) is 0 Å². The van der Waals surface area contributed by atoms with Gasteiger partial charge in [-0.1, -0.05) is 17.7 Å². The van der Waals surface area contributed by atoms with Crippen molar-refractivity contribution in [1.82, 2.24) is 4.31 Å². The predicted octanol–water partition coefficient (Wildman–Crippen LogP) is 3.22. The summed E-state index contributed by atoms with van der Waals surface area (Å²) in [5.41, 5.74) is -0.309. The first-order valence-corrected chi connectivity index (χ1v) is 11.5. The van der Waals surface area contributed by atoms with Crippen molar-refractivity contribution in [2.75, 3.05) is 18.4 Å². The van der Waals surface area contributed by atoms with Gasteiger partial charge in [-0.15, -0.1) is 0 Å². The highest BCUT2D eigenvalue weighted by molar-refractivity contribution is 7.89. The van der Waals surface area contributed by atoms with Crippen molar-refractivity contribution in [3.63, 3.8) is 0 Å². The molecule has 10 nitrogen and oxygen atoms in total. The summed E-state index contributed by atoms with van der Waals surface area (Å²) in [5.74, 6) is -1.65. The molecule has 0 bridgehead atoms.